The first kappa shape index (κ1) is 15.8. The second-order valence-electron chi connectivity index (χ2n) is 5.03. The third-order valence-corrected chi connectivity index (χ3v) is 4.52. The molecule has 0 atom stereocenters. The van der Waals surface area contributed by atoms with Gasteiger partial charge in [-0.1, -0.05) is 32.1 Å². The Morgan fingerprint density at radius 2 is 2.10 bits per heavy atom. The van der Waals surface area contributed by atoms with E-state index in [1.54, 1.807) is 6.07 Å². The number of nitrogens with one attached hydrogen (secondary N) is 1. The van der Waals surface area contributed by atoms with Gasteiger partial charge in [0.15, 0.2) is 0 Å². The van der Waals surface area contributed by atoms with Crippen molar-refractivity contribution in [3.05, 3.63) is 48.7 Å². The van der Waals surface area contributed by atoms with Gasteiger partial charge in [0.05, 0.1) is 9.40 Å². The molecule has 2 rings (SSSR count). The Morgan fingerprint density at radius 3 is 2.67 bits per heavy atom. The molecule has 7 heteroatoms. The first-order chi connectivity index (χ1) is 9.81. The van der Waals surface area contributed by atoms with E-state index in [4.69, 9.17) is 12.2 Å². The van der Waals surface area contributed by atoms with Crippen LogP contribution in [0.4, 0.5) is 5.69 Å². The fourth-order valence-corrected chi connectivity index (χ4v) is 2.83. The Balaban J connectivity index is 2.70. The van der Waals surface area contributed by atoms with Crippen molar-refractivity contribution in [2.45, 2.75) is 26.7 Å². The zero-order valence-corrected chi connectivity index (χ0v) is 14.2. The monoisotopic (exact) mass is 367 g/mol. The van der Waals surface area contributed by atoms with Crippen LogP contribution >= 0.6 is 28.1 Å². The summed E-state index contributed by atoms with van der Waals surface area (Å²) < 4.78 is 1.21. The number of aromatic nitrogens is 2. The van der Waals surface area contributed by atoms with E-state index in [1.165, 1.54) is 12.1 Å². The van der Waals surface area contributed by atoms with Gasteiger partial charge in [-0.3, -0.25) is 10.1 Å². The summed E-state index contributed by atoms with van der Waals surface area (Å²) in [5.41, 5.74) is 2.54. The minimum absolute atomic E-state index is 0.0331. The predicted octanol–water partition coefficient (Wildman–Crippen LogP) is 4.91. The van der Waals surface area contributed by atoms with Crippen LogP contribution in [0.5, 0.6) is 0 Å². The fraction of sp³-hybridized carbons (Fsp3) is 0.286. The molecule has 2 aromatic rings. The van der Waals surface area contributed by atoms with Crippen LogP contribution < -0.4 is 0 Å². The van der Waals surface area contributed by atoms with Gasteiger partial charge in [-0.05, 0) is 34.3 Å². The molecule has 0 spiro atoms. The summed E-state index contributed by atoms with van der Waals surface area (Å²) in [6.45, 7) is 5.96. The van der Waals surface area contributed by atoms with Gasteiger partial charge in [0, 0.05) is 23.4 Å². The molecule has 0 unspecified atom stereocenters. The van der Waals surface area contributed by atoms with Gasteiger partial charge in [0.25, 0.3) is 5.69 Å². The zero-order valence-electron chi connectivity index (χ0n) is 11.8. The number of H-pyrrole nitrogens is 1. The number of non-ortho nitro benzene ring substituents is 1. The maximum absolute atomic E-state index is 10.9. The lowest BCUT2D eigenvalue weighted by molar-refractivity contribution is -0.384. The number of halogens is 1. The molecule has 21 heavy (non-hydrogen) atoms. The Kier molecular flexibility index (Phi) is 4.53. The van der Waals surface area contributed by atoms with Crippen LogP contribution in [0.25, 0.3) is 11.4 Å². The number of nitro benzene ring substituents is 1. The van der Waals surface area contributed by atoms with Gasteiger partial charge in [-0.15, -0.1) is 0 Å². The number of aryl methyl sites for hydroxylation is 1. The van der Waals surface area contributed by atoms with Crippen molar-refractivity contribution in [3.8, 4) is 11.4 Å². The summed E-state index contributed by atoms with van der Waals surface area (Å²) in [5, 5.41) is 10.9. The molecule has 0 aliphatic heterocycles. The molecule has 0 bridgehead atoms. The highest BCUT2D eigenvalue weighted by molar-refractivity contribution is 9.10. The summed E-state index contributed by atoms with van der Waals surface area (Å²) in [5.74, 6) is 0.773. The van der Waals surface area contributed by atoms with Gasteiger partial charge < -0.3 is 4.98 Å². The van der Waals surface area contributed by atoms with E-state index in [-0.39, 0.29) is 11.6 Å². The van der Waals surface area contributed by atoms with E-state index < -0.39 is 4.92 Å². The topological polar surface area (TPSA) is 71.8 Å². The largest absolute Gasteiger partial charge is 0.342 e. The lowest BCUT2D eigenvalue weighted by Crippen LogP contribution is -2.01. The van der Waals surface area contributed by atoms with E-state index in [0.29, 0.717) is 16.0 Å². The highest BCUT2D eigenvalue weighted by Crippen LogP contribution is 2.29. The number of rotatable bonds is 3. The van der Waals surface area contributed by atoms with Gasteiger partial charge in [-0.25, -0.2) is 4.98 Å². The smallest absolute Gasteiger partial charge is 0.270 e. The Hall–Kier alpha value is -1.60. The molecule has 0 saturated carbocycles. The molecule has 0 radical (unpaired) electrons. The predicted molar refractivity (Wildman–Crippen MR) is 88.0 cm³/mol. The molecule has 1 heterocycles. The van der Waals surface area contributed by atoms with Crippen molar-refractivity contribution in [3.63, 3.8) is 0 Å². The first-order valence-corrected chi connectivity index (χ1v) is 7.56. The Morgan fingerprint density at radius 1 is 1.43 bits per heavy atom. The number of hydrogen-bond acceptors (Lipinski definition) is 4. The van der Waals surface area contributed by atoms with E-state index in [9.17, 15) is 10.1 Å². The SMILES string of the molecule is Cc1ccc([N+](=O)[O-])cc1-c1nc(=S)c(Br)c(C(C)C)[nH]1. The first-order valence-electron chi connectivity index (χ1n) is 6.36. The van der Waals surface area contributed by atoms with Gasteiger partial charge in [0.1, 0.15) is 10.5 Å². The molecular formula is C14H14BrN3O2S. The molecule has 0 saturated heterocycles. The second kappa shape index (κ2) is 6.03. The summed E-state index contributed by atoms with van der Waals surface area (Å²) in [6, 6.07) is 4.71. The Bertz CT molecular complexity index is 771. The van der Waals surface area contributed by atoms with Crippen LogP contribution in [0.3, 0.4) is 0 Å². The minimum Gasteiger partial charge on any atom is -0.342 e. The highest BCUT2D eigenvalue weighted by Gasteiger charge is 2.15. The lowest BCUT2D eigenvalue weighted by Gasteiger charge is -2.12. The third-order valence-electron chi connectivity index (χ3n) is 3.16. The maximum Gasteiger partial charge on any atom is 0.270 e. The quantitative estimate of drug-likeness (QED) is 0.475. The maximum atomic E-state index is 10.9. The van der Waals surface area contributed by atoms with E-state index in [0.717, 1.165) is 15.7 Å². The van der Waals surface area contributed by atoms with Crippen molar-refractivity contribution >= 4 is 33.8 Å². The van der Waals surface area contributed by atoms with Crippen LogP contribution in [0, 0.1) is 21.7 Å². The molecule has 0 aliphatic carbocycles. The van der Waals surface area contributed by atoms with Gasteiger partial charge >= 0.3 is 0 Å². The van der Waals surface area contributed by atoms with Crippen molar-refractivity contribution in [2.75, 3.05) is 0 Å². The number of hydrogen-bond donors (Lipinski definition) is 1. The highest BCUT2D eigenvalue weighted by atomic mass is 79.9. The number of benzene rings is 1. The summed E-state index contributed by atoms with van der Waals surface area (Å²) in [7, 11) is 0. The van der Waals surface area contributed by atoms with Crippen molar-refractivity contribution in [2.24, 2.45) is 0 Å². The van der Waals surface area contributed by atoms with Crippen molar-refractivity contribution < 1.29 is 4.92 Å². The molecule has 1 aromatic carbocycles. The Labute approximate surface area is 135 Å². The average molecular weight is 368 g/mol. The fourth-order valence-electron chi connectivity index (χ4n) is 1.98. The molecule has 0 aliphatic rings. The van der Waals surface area contributed by atoms with Crippen molar-refractivity contribution in [1.29, 1.82) is 0 Å². The molecule has 0 fully saturated rings. The lowest BCUT2D eigenvalue weighted by atomic mass is 10.1. The van der Waals surface area contributed by atoms with Gasteiger partial charge in [-0.2, -0.15) is 0 Å². The molecule has 5 nitrogen and oxygen atoms in total. The van der Waals surface area contributed by atoms with Crippen LogP contribution in [0.2, 0.25) is 0 Å². The van der Waals surface area contributed by atoms with E-state index >= 15 is 0 Å². The number of nitrogens with zero attached hydrogens (tertiary/aromatic N) is 2. The van der Waals surface area contributed by atoms with E-state index in [2.05, 4.69) is 25.9 Å². The van der Waals surface area contributed by atoms with E-state index in [1.807, 2.05) is 20.8 Å². The molecule has 110 valence electrons. The summed E-state index contributed by atoms with van der Waals surface area (Å²) in [4.78, 5) is 18.1. The van der Waals surface area contributed by atoms with Crippen molar-refractivity contribution in [1.82, 2.24) is 9.97 Å². The van der Waals surface area contributed by atoms with Crippen LogP contribution in [0.15, 0.2) is 22.7 Å². The van der Waals surface area contributed by atoms with Crippen LogP contribution in [-0.4, -0.2) is 14.9 Å². The zero-order chi connectivity index (χ0) is 15.7. The average Bonchev–Trinajstić information content (AvgIpc) is 2.41. The standard InChI is InChI=1S/C14H14BrN3O2S/c1-7(2)12-11(15)14(21)17-13(16-12)10-6-9(18(19)20)5-4-8(10)3/h4-7H,1-3H3,(H,16,17,21). The summed E-state index contributed by atoms with van der Waals surface area (Å²) >= 11 is 8.70. The second-order valence-corrected chi connectivity index (χ2v) is 6.21. The molecule has 1 N–H and O–H groups in total. The summed E-state index contributed by atoms with van der Waals surface area (Å²) in [6.07, 6.45) is 0. The number of nitro groups is 1. The van der Waals surface area contributed by atoms with Crippen LogP contribution in [0.1, 0.15) is 31.0 Å². The third kappa shape index (κ3) is 3.19. The molecule has 1 aromatic heterocycles. The normalized spacial score (nSPS) is 10.9. The number of aromatic amines is 1. The van der Waals surface area contributed by atoms with Gasteiger partial charge in [0.2, 0.25) is 0 Å². The molecule has 0 amide bonds. The van der Waals surface area contributed by atoms with Crippen LogP contribution in [-0.2, 0) is 0 Å². The minimum atomic E-state index is -0.417. The molecular weight excluding hydrogens is 354 g/mol.